The highest BCUT2D eigenvalue weighted by Gasteiger charge is 2.34. The molecule has 1 N–H and O–H groups in total. The van der Waals surface area contributed by atoms with Crippen molar-refractivity contribution in [2.75, 3.05) is 31.6 Å². The number of hydrogen-bond acceptors (Lipinski definition) is 5. The Morgan fingerprint density at radius 2 is 1.88 bits per heavy atom. The Labute approximate surface area is 149 Å². The molecule has 2 bridgehead atoms. The number of hydrogen-bond donors (Lipinski definition) is 1. The van der Waals surface area contributed by atoms with Gasteiger partial charge in [-0.3, -0.25) is 0 Å². The molecular formula is C20H26N4O. The topological polar surface area (TPSA) is 52.5 Å². The van der Waals surface area contributed by atoms with Gasteiger partial charge in [0.05, 0.1) is 5.69 Å². The van der Waals surface area contributed by atoms with Crippen molar-refractivity contribution >= 4 is 5.82 Å². The van der Waals surface area contributed by atoms with Crippen LogP contribution in [0.5, 0.6) is 5.75 Å². The number of aromatic nitrogens is 2. The number of phenols is 1. The highest BCUT2D eigenvalue weighted by Crippen LogP contribution is 2.34. The minimum absolute atomic E-state index is 0.273. The number of aromatic hydroxyl groups is 1. The van der Waals surface area contributed by atoms with Crippen LogP contribution in [-0.2, 0) is 0 Å². The fraction of sp³-hybridized carbons (Fsp3) is 0.500. The molecular weight excluding hydrogens is 312 g/mol. The first kappa shape index (κ1) is 16.3. The van der Waals surface area contributed by atoms with Crippen molar-refractivity contribution in [1.82, 2.24) is 15.1 Å². The number of piperidine rings is 1. The molecule has 0 amide bonds. The number of benzene rings is 1. The van der Waals surface area contributed by atoms with Crippen molar-refractivity contribution in [2.45, 2.75) is 32.7 Å². The highest BCUT2D eigenvalue weighted by atomic mass is 16.3. The Balaban J connectivity index is 1.63. The summed E-state index contributed by atoms with van der Waals surface area (Å²) in [6.07, 6.45) is 2.55. The lowest BCUT2D eigenvalue weighted by molar-refractivity contribution is 0.320. The van der Waals surface area contributed by atoms with E-state index in [2.05, 4.69) is 39.2 Å². The zero-order valence-corrected chi connectivity index (χ0v) is 15.2. The van der Waals surface area contributed by atoms with E-state index >= 15 is 0 Å². The maximum absolute atomic E-state index is 10.3. The molecule has 1 aromatic carbocycles. The van der Waals surface area contributed by atoms with E-state index in [4.69, 9.17) is 0 Å². The maximum Gasteiger partial charge on any atom is 0.151 e. The molecule has 1 aromatic heterocycles. The average molecular weight is 338 g/mol. The monoisotopic (exact) mass is 338 g/mol. The second kappa shape index (κ2) is 6.30. The molecule has 25 heavy (non-hydrogen) atoms. The molecule has 0 saturated carbocycles. The Morgan fingerprint density at radius 3 is 2.60 bits per heavy atom. The molecule has 4 heterocycles. The van der Waals surface area contributed by atoms with E-state index in [0.29, 0.717) is 12.0 Å². The largest absolute Gasteiger partial charge is 0.507 e. The van der Waals surface area contributed by atoms with Gasteiger partial charge in [0.25, 0.3) is 0 Å². The van der Waals surface area contributed by atoms with Crippen LogP contribution in [0.4, 0.5) is 5.82 Å². The fourth-order valence-electron chi connectivity index (χ4n) is 4.49. The van der Waals surface area contributed by atoms with Crippen molar-refractivity contribution in [3.63, 3.8) is 0 Å². The molecule has 0 spiro atoms. The van der Waals surface area contributed by atoms with Gasteiger partial charge in [0.15, 0.2) is 5.82 Å². The Bertz CT molecular complexity index is 751. The normalized spacial score (nSPS) is 23.7. The maximum atomic E-state index is 10.3. The second-order valence-electron chi connectivity index (χ2n) is 7.72. The Morgan fingerprint density at radius 1 is 1.04 bits per heavy atom. The third-order valence-electron chi connectivity index (χ3n) is 5.56. The van der Waals surface area contributed by atoms with E-state index in [1.54, 1.807) is 6.07 Å². The molecule has 3 aliphatic rings. The van der Waals surface area contributed by atoms with Crippen LogP contribution in [0, 0.1) is 19.8 Å². The van der Waals surface area contributed by atoms with Crippen LogP contribution in [0.25, 0.3) is 11.3 Å². The molecule has 2 atom stereocenters. The van der Waals surface area contributed by atoms with Crippen molar-refractivity contribution < 1.29 is 5.11 Å². The number of phenolic OH excluding ortho intramolecular Hbond substituents is 1. The van der Waals surface area contributed by atoms with Crippen LogP contribution in [0.2, 0.25) is 0 Å². The first-order chi connectivity index (χ1) is 12.0. The zero-order valence-electron chi connectivity index (χ0n) is 15.2. The molecule has 5 rings (SSSR count). The lowest BCUT2D eigenvalue weighted by atomic mass is 9.95. The summed E-state index contributed by atoms with van der Waals surface area (Å²) in [5.74, 6) is 1.95. The molecule has 0 radical (unpaired) electrons. The van der Waals surface area contributed by atoms with Gasteiger partial charge >= 0.3 is 0 Å². The van der Waals surface area contributed by atoms with Crippen LogP contribution in [0.3, 0.4) is 0 Å². The summed E-state index contributed by atoms with van der Waals surface area (Å²) < 4.78 is 0. The molecule has 2 unspecified atom stereocenters. The molecule has 132 valence electrons. The average Bonchev–Trinajstić information content (AvgIpc) is 2.83. The van der Waals surface area contributed by atoms with Gasteiger partial charge in [-0.1, -0.05) is 6.07 Å². The summed E-state index contributed by atoms with van der Waals surface area (Å²) in [6.45, 7) is 7.32. The van der Waals surface area contributed by atoms with Gasteiger partial charge < -0.3 is 14.9 Å². The minimum Gasteiger partial charge on any atom is -0.507 e. The van der Waals surface area contributed by atoms with E-state index in [1.807, 2.05) is 19.9 Å². The van der Waals surface area contributed by atoms with Crippen LogP contribution in [0.15, 0.2) is 24.3 Å². The molecule has 3 aliphatic heterocycles. The first-order valence-electron chi connectivity index (χ1n) is 9.11. The van der Waals surface area contributed by atoms with E-state index in [1.165, 1.54) is 19.4 Å². The molecule has 5 nitrogen and oxygen atoms in total. The van der Waals surface area contributed by atoms with Crippen LogP contribution in [0.1, 0.15) is 24.0 Å². The third-order valence-corrected chi connectivity index (χ3v) is 5.56. The van der Waals surface area contributed by atoms with Crippen molar-refractivity contribution in [1.29, 1.82) is 0 Å². The number of rotatable bonds is 2. The summed E-state index contributed by atoms with van der Waals surface area (Å²) in [7, 11) is 2.21. The number of fused-ring (bicyclic) bond motifs is 4. The van der Waals surface area contributed by atoms with E-state index < -0.39 is 0 Å². The lowest BCUT2D eigenvalue weighted by Crippen LogP contribution is -2.44. The SMILES string of the molecule is Cc1cc(C)c(-c2ccc(N3CC4CCC3CN(C)C4)nn2)c(O)c1. The quantitative estimate of drug-likeness (QED) is 0.912. The highest BCUT2D eigenvalue weighted by molar-refractivity contribution is 5.71. The molecule has 0 aliphatic carbocycles. The van der Waals surface area contributed by atoms with Gasteiger partial charge in [0.2, 0.25) is 0 Å². The minimum atomic E-state index is 0.273. The van der Waals surface area contributed by atoms with Crippen molar-refractivity contribution in [3.05, 3.63) is 35.4 Å². The molecule has 5 heteroatoms. The number of anilines is 1. The summed E-state index contributed by atoms with van der Waals surface area (Å²) in [5, 5.41) is 19.3. The molecule has 2 aromatic rings. The van der Waals surface area contributed by atoms with Crippen LogP contribution in [-0.4, -0.2) is 52.9 Å². The predicted molar refractivity (Wildman–Crippen MR) is 100.0 cm³/mol. The standard InChI is InChI=1S/C20H26N4O/c1-13-8-14(2)20(18(25)9-13)17-6-7-19(22-21-17)24-11-15-4-5-16(24)12-23(3)10-15/h6-9,15-16,25H,4-5,10-12H2,1-3H3. The first-order valence-corrected chi connectivity index (χ1v) is 9.11. The summed E-state index contributed by atoms with van der Waals surface area (Å²) in [5.41, 5.74) is 3.58. The van der Waals surface area contributed by atoms with E-state index in [9.17, 15) is 5.11 Å². The number of likely N-dealkylation sites (N-methyl/N-ethyl adjacent to an activating group) is 1. The van der Waals surface area contributed by atoms with E-state index in [0.717, 1.165) is 41.3 Å². The van der Waals surface area contributed by atoms with Gasteiger partial charge in [0.1, 0.15) is 5.75 Å². The van der Waals surface area contributed by atoms with Crippen molar-refractivity contribution in [3.8, 4) is 17.0 Å². The lowest BCUT2D eigenvalue weighted by Gasteiger charge is -2.36. The Hall–Kier alpha value is -2.14. The smallest absolute Gasteiger partial charge is 0.151 e. The van der Waals surface area contributed by atoms with Gasteiger partial charge in [-0.25, -0.2) is 0 Å². The summed E-state index contributed by atoms with van der Waals surface area (Å²) in [6, 6.07) is 8.41. The third kappa shape index (κ3) is 3.09. The summed E-state index contributed by atoms with van der Waals surface area (Å²) in [4.78, 5) is 4.87. The number of nitrogens with zero attached hydrogens (tertiary/aromatic N) is 4. The fourth-order valence-corrected chi connectivity index (χ4v) is 4.49. The van der Waals surface area contributed by atoms with Gasteiger partial charge in [-0.05, 0) is 69.0 Å². The van der Waals surface area contributed by atoms with Gasteiger partial charge in [-0.15, -0.1) is 10.2 Å². The number of aryl methyl sites for hydroxylation is 2. The molecule has 3 fully saturated rings. The predicted octanol–water partition coefficient (Wildman–Crippen LogP) is 3.00. The van der Waals surface area contributed by atoms with Crippen LogP contribution >= 0.6 is 0 Å². The Kier molecular flexibility index (Phi) is 4.12. The molecule has 3 saturated heterocycles. The van der Waals surface area contributed by atoms with Crippen LogP contribution < -0.4 is 4.90 Å². The van der Waals surface area contributed by atoms with Crippen molar-refractivity contribution in [2.24, 2.45) is 5.92 Å². The van der Waals surface area contributed by atoms with E-state index in [-0.39, 0.29) is 5.75 Å². The second-order valence-corrected chi connectivity index (χ2v) is 7.72. The zero-order chi connectivity index (χ0) is 17.6. The van der Waals surface area contributed by atoms with Gasteiger partial charge in [0, 0.05) is 31.2 Å². The summed E-state index contributed by atoms with van der Waals surface area (Å²) >= 11 is 0. The van der Waals surface area contributed by atoms with Gasteiger partial charge in [-0.2, -0.15) is 0 Å².